The van der Waals surface area contributed by atoms with Crippen LogP contribution >= 0.6 is 11.6 Å². The summed E-state index contributed by atoms with van der Waals surface area (Å²) in [5.74, 6) is -0.0315. The van der Waals surface area contributed by atoms with E-state index in [1.807, 2.05) is 0 Å². The Labute approximate surface area is 131 Å². The van der Waals surface area contributed by atoms with E-state index >= 15 is 0 Å². The van der Waals surface area contributed by atoms with Gasteiger partial charge < -0.3 is 4.90 Å². The molecule has 118 valence electrons. The molecule has 1 aliphatic heterocycles. The Hall–Kier alpha value is -0.660. The second-order valence-electron chi connectivity index (χ2n) is 5.43. The molecule has 1 heterocycles. The lowest BCUT2D eigenvalue weighted by atomic mass is 10.2. The highest BCUT2D eigenvalue weighted by molar-refractivity contribution is 7.88. The summed E-state index contributed by atoms with van der Waals surface area (Å²) in [6.07, 6.45) is 0. The van der Waals surface area contributed by atoms with Crippen LogP contribution in [0.3, 0.4) is 0 Å². The number of sulfonamides is 1. The van der Waals surface area contributed by atoms with E-state index in [2.05, 4.69) is 21.6 Å². The van der Waals surface area contributed by atoms with Crippen molar-refractivity contribution in [3.05, 3.63) is 34.9 Å². The van der Waals surface area contributed by atoms with Gasteiger partial charge in [-0.25, -0.2) is 13.1 Å². The topological polar surface area (TPSA) is 52.6 Å². The van der Waals surface area contributed by atoms with Crippen LogP contribution in [-0.2, 0) is 15.8 Å². The largest absolute Gasteiger partial charge is 0.304 e. The molecule has 2 rings (SSSR count). The molecule has 0 bridgehead atoms. The smallest absolute Gasteiger partial charge is 0.215 e. The van der Waals surface area contributed by atoms with E-state index < -0.39 is 10.0 Å². The highest BCUT2D eigenvalue weighted by Gasteiger charge is 2.15. The number of halogens is 1. The van der Waals surface area contributed by atoms with Crippen molar-refractivity contribution in [2.75, 3.05) is 46.3 Å². The minimum atomic E-state index is -3.31. The van der Waals surface area contributed by atoms with Gasteiger partial charge in [0.1, 0.15) is 0 Å². The number of hydrogen-bond acceptors (Lipinski definition) is 4. The molecule has 21 heavy (non-hydrogen) atoms. The fraction of sp³-hybridized carbons (Fsp3) is 0.571. The predicted octanol–water partition coefficient (Wildman–Crippen LogP) is 1.01. The summed E-state index contributed by atoms with van der Waals surface area (Å²) in [5.41, 5.74) is 0.703. The van der Waals surface area contributed by atoms with E-state index in [0.29, 0.717) is 17.1 Å². The second-order valence-corrected chi connectivity index (χ2v) is 7.67. The second kappa shape index (κ2) is 7.56. The molecule has 0 aliphatic carbocycles. The fourth-order valence-electron chi connectivity index (χ4n) is 2.33. The average molecular weight is 332 g/mol. The predicted molar refractivity (Wildman–Crippen MR) is 86.0 cm³/mol. The van der Waals surface area contributed by atoms with Gasteiger partial charge in [0.05, 0.1) is 5.75 Å². The third kappa shape index (κ3) is 5.92. The first-order valence-electron chi connectivity index (χ1n) is 7.07. The molecule has 0 spiro atoms. The Kier molecular flexibility index (Phi) is 6.01. The minimum Gasteiger partial charge on any atom is -0.304 e. The summed E-state index contributed by atoms with van der Waals surface area (Å²) in [6.45, 7) is 5.26. The van der Waals surface area contributed by atoms with Crippen molar-refractivity contribution in [2.24, 2.45) is 0 Å². The van der Waals surface area contributed by atoms with Gasteiger partial charge in [0.15, 0.2) is 0 Å². The number of nitrogens with zero attached hydrogens (tertiary/aromatic N) is 2. The molecule has 1 aromatic carbocycles. The molecule has 0 atom stereocenters. The first-order chi connectivity index (χ1) is 9.94. The zero-order valence-corrected chi connectivity index (χ0v) is 13.8. The highest BCUT2D eigenvalue weighted by Crippen LogP contribution is 2.12. The lowest BCUT2D eigenvalue weighted by Gasteiger charge is -2.32. The summed E-state index contributed by atoms with van der Waals surface area (Å²) in [7, 11) is -1.21. The van der Waals surface area contributed by atoms with Crippen molar-refractivity contribution >= 4 is 21.6 Å². The molecule has 1 aromatic rings. The van der Waals surface area contributed by atoms with Gasteiger partial charge in [-0.2, -0.15) is 0 Å². The molecule has 1 fully saturated rings. The number of rotatable bonds is 6. The summed E-state index contributed by atoms with van der Waals surface area (Å²) in [4.78, 5) is 4.56. The normalized spacial score (nSPS) is 18.0. The van der Waals surface area contributed by atoms with Gasteiger partial charge in [-0.1, -0.05) is 23.7 Å². The molecular formula is C14H22ClN3O2S. The number of benzene rings is 1. The third-order valence-electron chi connectivity index (χ3n) is 3.59. The van der Waals surface area contributed by atoms with Gasteiger partial charge in [0.2, 0.25) is 10.0 Å². The SMILES string of the molecule is CN1CCN(CCNS(=O)(=O)Cc2cccc(Cl)c2)CC1. The van der Waals surface area contributed by atoms with Crippen LogP contribution in [-0.4, -0.2) is 64.5 Å². The lowest BCUT2D eigenvalue weighted by Crippen LogP contribution is -2.46. The Morgan fingerprint density at radius 3 is 2.62 bits per heavy atom. The van der Waals surface area contributed by atoms with E-state index in [1.54, 1.807) is 24.3 Å². The van der Waals surface area contributed by atoms with Gasteiger partial charge in [-0.05, 0) is 24.7 Å². The first kappa shape index (κ1) is 16.7. The van der Waals surface area contributed by atoms with E-state index in [9.17, 15) is 8.42 Å². The molecule has 5 nitrogen and oxygen atoms in total. The molecule has 1 N–H and O–H groups in total. The molecule has 0 aromatic heterocycles. The van der Waals surface area contributed by atoms with Crippen molar-refractivity contribution < 1.29 is 8.42 Å². The van der Waals surface area contributed by atoms with Crippen molar-refractivity contribution in [3.63, 3.8) is 0 Å². The van der Waals surface area contributed by atoms with Crippen molar-refractivity contribution in [3.8, 4) is 0 Å². The lowest BCUT2D eigenvalue weighted by molar-refractivity contribution is 0.156. The van der Waals surface area contributed by atoms with Crippen LogP contribution in [0.4, 0.5) is 0 Å². The van der Waals surface area contributed by atoms with Gasteiger partial charge >= 0.3 is 0 Å². The van der Waals surface area contributed by atoms with Crippen molar-refractivity contribution in [1.82, 2.24) is 14.5 Å². The first-order valence-corrected chi connectivity index (χ1v) is 9.10. The van der Waals surface area contributed by atoms with Crippen LogP contribution < -0.4 is 4.72 Å². The maximum absolute atomic E-state index is 12.0. The molecule has 1 saturated heterocycles. The van der Waals surface area contributed by atoms with Gasteiger partial charge in [0, 0.05) is 44.3 Å². The number of likely N-dealkylation sites (N-methyl/N-ethyl adjacent to an activating group) is 1. The highest BCUT2D eigenvalue weighted by atomic mass is 35.5. The molecule has 0 saturated carbocycles. The number of piperazine rings is 1. The maximum atomic E-state index is 12.0. The van der Waals surface area contributed by atoms with Crippen LogP contribution in [0.15, 0.2) is 24.3 Å². The van der Waals surface area contributed by atoms with Gasteiger partial charge in [0.25, 0.3) is 0 Å². The van der Waals surface area contributed by atoms with E-state index in [4.69, 9.17) is 11.6 Å². The van der Waals surface area contributed by atoms with E-state index in [0.717, 1.165) is 32.7 Å². The zero-order valence-electron chi connectivity index (χ0n) is 12.3. The van der Waals surface area contributed by atoms with Crippen LogP contribution in [0.2, 0.25) is 5.02 Å². The quantitative estimate of drug-likeness (QED) is 0.845. The summed E-state index contributed by atoms with van der Waals surface area (Å²) in [6, 6.07) is 6.95. The molecule has 7 heteroatoms. The summed E-state index contributed by atoms with van der Waals surface area (Å²) in [5, 5.41) is 0.556. The Morgan fingerprint density at radius 2 is 1.95 bits per heavy atom. The zero-order chi connectivity index (χ0) is 15.3. The summed E-state index contributed by atoms with van der Waals surface area (Å²) >= 11 is 5.87. The van der Waals surface area contributed by atoms with Gasteiger partial charge in [-0.3, -0.25) is 4.90 Å². The van der Waals surface area contributed by atoms with Crippen LogP contribution in [0, 0.1) is 0 Å². The van der Waals surface area contributed by atoms with E-state index in [1.165, 1.54) is 0 Å². The minimum absolute atomic E-state index is 0.0315. The summed E-state index contributed by atoms with van der Waals surface area (Å²) < 4.78 is 26.7. The van der Waals surface area contributed by atoms with Crippen molar-refractivity contribution in [1.29, 1.82) is 0 Å². The standard InChI is InChI=1S/C14H22ClN3O2S/c1-17-7-9-18(10-8-17)6-5-16-21(19,20)12-13-3-2-4-14(15)11-13/h2-4,11,16H,5-10,12H2,1H3. The van der Waals surface area contributed by atoms with Crippen LogP contribution in [0.5, 0.6) is 0 Å². The number of hydrogen-bond donors (Lipinski definition) is 1. The Balaban J connectivity index is 1.76. The number of nitrogens with one attached hydrogen (secondary N) is 1. The van der Waals surface area contributed by atoms with Crippen LogP contribution in [0.1, 0.15) is 5.56 Å². The molecule has 0 radical (unpaired) electrons. The van der Waals surface area contributed by atoms with Gasteiger partial charge in [-0.15, -0.1) is 0 Å². The maximum Gasteiger partial charge on any atom is 0.215 e. The van der Waals surface area contributed by atoms with Crippen LogP contribution in [0.25, 0.3) is 0 Å². The molecule has 0 unspecified atom stereocenters. The Bertz CT molecular complexity index is 557. The average Bonchev–Trinajstić information content (AvgIpc) is 2.40. The Morgan fingerprint density at radius 1 is 1.24 bits per heavy atom. The molecule has 1 aliphatic rings. The fourth-order valence-corrected chi connectivity index (χ4v) is 3.66. The molecule has 0 amide bonds. The third-order valence-corrected chi connectivity index (χ3v) is 5.18. The van der Waals surface area contributed by atoms with Crippen molar-refractivity contribution in [2.45, 2.75) is 5.75 Å². The monoisotopic (exact) mass is 331 g/mol. The molecular weight excluding hydrogens is 310 g/mol. The van der Waals surface area contributed by atoms with E-state index in [-0.39, 0.29) is 5.75 Å².